The van der Waals surface area contributed by atoms with E-state index in [4.69, 9.17) is 24.7 Å². The summed E-state index contributed by atoms with van der Waals surface area (Å²) < 4.78 is 6.93. The standard InChI is InChI=1S/C40H42N4O/c1-3-5-19-31-21-13-23-33-37(31)39(43-35(41-33)27-25-29-15-9-7-10-16-29)45-40-38-32(20-6-4-2)22-14-24-34(38)42-36(44-40)28-26-30-17-11-8-12-18-30/h7-18,21-24H,3-6,19-20,25-28H2,1-2H3. The van der Waals surface area contributed by atoms with Crippen molar-refractivity contribution in [3.05, 3.63) is 131 Å². The predicted molar refractivity (Wildman–Crippen MR) is 184 cm³/mol. The van der Waals surface area contributed by atoms with Gasteiger partial charge >= 0.3 is 0 Å². The summed E-state index contributed by atoms with van der Waals surface area (Å²) in [4.78, 5) is 20.3. The monoisotopic (exact) mass is 594 g/mol. The molecule has 6 rings (SSSR count). The average Bonchev–Trinajstić information content (AvgIpc) is 3.08. The van der Waals surface area contributed by atoms with Gasteiger partial charge in [0.05, 0.1) is 21.8 Å². The van der Waals surface area contributed by atoms with Crippen molar-refractivity contribution in [2.45, 2.75) is 78.1 Å². The molecule has 0 fully saturated rings. The van der Waals surface area contributed by atoms with Crippen LogP contribution in [-0.2, 0) is 38.5 Å². The molecule has 6 aromatic rings. The predicted octanol–water partition coefficient (Wildman–Crippen LogP) is 9.62. The molecular weight excluding hydrogens is 552 g/mol. The normalized spacial score (nSPS) is 11.3. The second-order valence-corrected chi connectivity index (χ2v) is 11.8. The first kappa shape index (κ1) is 30.4. The molecule has 0 spiro atoms. The Hall–Kier alpha value is -4.64. The smallest absolute Gasteiger partial charge is 0.232 e. The third-order valence-corrected chi connectivity index (χ3v) is 8.40. The molecule has 0 amide bonds. The second-order valence-electron chi connectivity index (χ2n) is 11.8. The number of rotatable bonds is 14. The van der Waals surface area contributed by atoms with E-state index < -0.39 is 0 Å². The van der Waals surface area contributed by atoms with Crippen LogP contribution in [0.15, 0.2) is 97.1 Å². The molecule has 0 atom stereocenters. The highest BCUT2D eigenvalue weighted by Crippen LogP contribution is 2.35. The topological polar surface area (TPSA) is 60.8 Å². The highest BCUT2D eigenvalue weighted by atomic mass is 16.5. The van der Waals surface area contributed by atoms with Crippen LogP contribution >= 0.6 is 0 Å². The van der Waals surface area contributed by atoms with Gasteiger partial charge < -0.3 is 4.74 Å². The Morgan fingerprint density at radius 3 is 1.31 bits per heavy atom. The Labute approximate surface area is 266 Å². The van der Waals surface area contributed by atoms with Crippen molar-refractivity contribution in [2.75, 3.05) is 0 Å². The summed E-state index contributed by atoms with van der Waals surface area (Å²) in [5.41, 5.74) is 6.81. The van der Waals surface area contributed by atoms with Crippen LogP contribution in [0.3, 0.4) is 0 Å². The van der Waals surface area contributed by atoms with Crippen LogP contribution in [0, 0.1) is 0 Å². The number of aromatic nitrogens is 4. The lowest BCUT2D eigenvalue weighted by molar-refractivity contribution is 0.448. The quantitative estimate of drug-likeness (QED) is 0.126. The number of hydrogen-bond donors (Lipinski definition) is 0. The lowest BCUT2D eigenvalue weighted by Gasteiger charge is -2.16. The molecule has 4 aromatic carbocycles. The molecule has 0 bridgehead atoms. The molecule has 0 radical (unpaired) electrons. The molecule has 0 aliphatic rings. The molecule has 0 N–H and O–H groups in total. The van der Waals surface area contributed by atoms with Gasteiger partial charge in [-0.05, 0) is 72.9 Å². The number of hydrogen-bond acceptors (Lipinski definition) is 5. The number of ether oxygens (including phenoxy) is 1. The lowest BCUT2D eigenvalue weighted by Crippen LogP contribution is -2.06. The molecular formula is C40H42N4O. The minimum atomic E-state index is 0.592. The molecule has 0 saturated heterocycles. The van der Waals surface area contributed by atoms with Crippen molar-refractivity contribution in [1.82, 2.24) is 19.9 Å². The van der Waals surface area contributed by atoms with Gasteiger partial charge in [-0.3, -0.25) is 0 Å². The first-order valence-electron chi connectivity index (χ1n) is 16.5. The summed E-state index contributed by atoms with van der Waals surface area (Å²) in [5.74, 6) is 2.74. The van der Waals surface area contributed by atoms with E-state index in [9.17, 15) is 0 Å². The van der Waals surface area contributed by atoms with Gasteiger partial charge in [0.25, 0.3) is 0 Å². The molecule has 2 aromatic heterocycles. The van der Waals surface area contributed by atoms with Gasteiger partial charge in [-0.25, -0.2) is 9.97 Å². The van der Waals surface area contributed by atoms with Gasteiger partial charge in [-0.1, -0.05) is 112 Å². The maximum atomic E-state index is 6.93. The fourth-order valence-corrected chi connectivity index (χ4v) is 5.94. The largest absolute Gasteiger partial charge is 0.419 e. The zero-order chi connectivity index (χ0) is 30.8. The third kappa shape index (κ3) is 7.54. The van der Waals surface area contributed by atoms with Gasteiger partial charge in [0, 0.05) is 12.8 Å². The summed E-state index contributed by atoms with van der Waals surface area (Å²) in [6.45, 7) is 4.45. The van der Waals surface area contributed by atoms with Crippen LogP contribution in [0.5, 0.6) is 11.8 Å². The van der Waals surface area contributed by atoms with Gasteiger partial charge in [0.15, 0.2) is 0 Å². The summed E-state index contributed by atoms with van der Waals surface area (Å²) in [6.07, 6.45) is 9.50. The first-order chi connectivity index (χ1) is 22.2. The van der Waals surface area contributed by atoms with Gasteiger partial charge in [0.1, 0.15) is 11.6 Å². The number of fused-ring (bicyclic) bond motifs is 2. The minimum Gasteiger partial charge on any atom is -0.419 e. The van der Waals surface area contributed by atoms with E-state index in [0.29, 0.717) is 11.8 Å². The Balaban J connectivity index is 1.45. The molecule has 0 saturated carbocycles. The van der Waals surface area contributed by atoms with Gasteiger partial charge in [-0.15, -0.1) is 0 Å². The van der Waals surface area contributed by atoms with Gasteiger partial charge in [0.2, 0.25) is 11.8 Å². The zero-order valence-corrected chi connectivity index (χ0v) is 26.5. The molecule has 45 heavy (non-hydrogen) atoms. The van der Waals surface area contributed by atoms with E-state index in [2.05, 4.69) is 111 Å². The van der Waals surface area contributed by atoms with E-state index in [0.717, 1.165) is 97.7 Å². The minimum absolute atomic E-state index is 0.592. The Kier molecular flexibility index (Phi) is 10.1. The number of aryl methyl sites for hydroxylation is 6. The van der Waals surface area contributed by atoms with Crippen LogP contribution in [0.25, 0.3) is 21.8 Å². The first-order valence-corrected chi connectivity index (χ1v) is 16.5. The molecule has 2 heterocycles. The number of unbranched alkanes of at least 4 members (excludes halogenated alkanes) is 2. The van der Waals surface area contributed by atoms with Crippen molar-refractivity contribution >= 4 is 21.8 Å². The van der Waals surface area contributed by atoms with Crippen molar-refractivity contribution in [3.63, 3.8) is 0 Å². The van der Waals surface area contributed by atoms with Crippen LogP contribution in [-0.4, -0.2) is 19.9 Å². The van der Waals surface area contributed by atoms with E-state index in [-0.39, 0.29) is 0 Å². The Bertz CT molecular complexity index is 1720. The molecule has 5 nitrogen and oxygen atoms in total. The van der Waals surface area contributed by atoms with Gasteiger partial charge in [-0.2, -0.15) is 9.97 Å². The van der Waals surface area contributed by atoms with Crippen molar-refractivity contribution < 1.29 is 4.74 Å². The van der Waals surface area contributed by atoms with Crippen LogP contribution < -0.4 is 4.74 Å². The fraction of sp³-hybridized carbons (Fsp3) is 0.300. The van der Waals surface area contributed by atoms with E-state index >= 15 is 0 Å². The van der Waals surface area contributed by atoms with E-state index in [1.807, 2.05) is 0 Å². The second kappa shape index (κ2) is 14.9. The van der Waals surface area contributed by atoms with Crippen LogP contribution in [0.2, 0.25) is 0 Å². The van der Waals surface area contributed by atoms with Crippen LogP contribution in [0.4, 0.5) is 0 Å². The summed E-state index contributed by atoms with van der Waals surface area (Å²) >= 11 is 0. The van der Waals surface area contributed by atoms with Crippen molar-refractivity contribution in [2.24, 2.45) is 0 Å². The SMILES string of the molecule is CCCCc1cccc2nc(CCc3ccccc3)nc(Oc3nc(CCc4ccccc4)nc4cccc(CCCC)c34)c12. The molecule has 228 valence electrons. The van der Waals surface area contributed by atoms with Crippen LogP contribution in [0.1, 0.15) is 73.4 Å². The Morgan fingerprint density at radius 1 is 0.444 bits per heavy atom. The van der Waals surface area contributed by atoms with E-state index in [1.165, 1.54) is 22.3 Å². The molecule has 0 aliphatic carbocycles. The third-order valence-electron chi connectivity index (χ3n) is 8.40. The highest BCUT2D eigenvalue weighted by molar-refractivity contribution is 5.90. The number of nitrogens with zero attached hydrogens (tertiary/aromatic N) is 4. The van der Waals surface area contributed by atoms with E-state index in [1.54, 1.807) is 0 Å². The maximum Gasteiger partial charge on any atom is 0.232 e. The zero-order valence-electron chi connectivity index (χ0n) is 26.5. The van der Waals surface area contributed by atoms with Crippen molar-refractivity contribution in [1.29, 1.82) is 0 Å². The molecule has 5 heteroatoms. The molecule has 0 aliphatic heterocycles. The summed E-state index contributed by atoms with van der Waals surface area (Å²) in [6, 6.07) is 33.8. The Morgan fingerprint density at radius 2 is 0.889 bits per heavy atom. The summed E-state index contributed by atoms with van der Waals surface area (Å²) in [7, 11) is 0. The maximum absolute atomic E-state index is 6.93. The summed E-state index contributed by atoms with van der Waals surface area (Å²) in [5, 5.41) is 1.97. The average molecular weight is 595 g/mol. The fourth-order valence-electron chi connectivity index (χ4n) is 5.94. The van der Waals surface area contributed by atoms with Crippen molar-refractivity contribution in [3.8, 4) is 11.8 Å². The molecule has 0 unspecified atom stereocenters. The highest BCUT2D eigenvalue weighted by Gasteiger charge is 2.19. The number of benzene rings is 4. The lowest BCUT2D eigenvalue weighted by atomic mass is 10.0.